The van der Waals surface area contributed by atoms with Crippen LogP contribution >= 0.6 is 0 Å². The van der Waals surface area contributed by atoms with Gasteiger partial charge in [0.15, 0.2) is 0 Å². The molecule has 13 aromatic carbocycles. The van der Waals surface area contributed by atoms with Crippen LogP contribution in [0.15, 0.2) is 352 Å². The Balaban J connectivity index is 0.787. The summed E-state index contributed by atoms with van der Waals surface area (Å²) in [4.78, 5) is 5.32. The summed E-state index contributed by atoms with van der Waals surface area (Å²) < 4.78 is 0. The van der Waals surface area contributed by atoms with Crippen LogP contribution in [-0.4, -0.2) is 0 Å². The maximum Gasteiger partial charge on any atom is 0.0632 e. The van der Waals surface area contributed by atoms with Gasteiger partial charge in [0, 0.05) is 34.1 Å². The van der Waals surface area contributed by atoms with Crippen LogP contribution in [0.3, 0.4) is 0 Å². The number of fused-ring (bicyclic) bond motifs is 8. The lowest BCUT2D eigenvalue weighted by atomic mass is 9.68. The Kier molecular flexibility index (Phi) is 18.4. The smallest absolute Gasteiger partial charge is 0.0632 e. The molecule has 5 aliphatic rings. The monoisotopic (exact) mass is 1430 g/mol. The van der Waals surface area contributed by atoms with Gasteiger partial charge in [0.2, 0.25) is 0 Å². The zero-order valence-electron chi connectivity index (χ0n) is 65.3. The molecule has 0 aliphatic heterocycles. The standard InChI is InChI=1S/C109H98N2/c1-9-25-75-40-44-77(45-41-75)73-109(85-56-52-83(53-57-85)107(6,7)8)101-37-24-22-33-95(101)97-65-63-89(71-103(97)109)111(87-60-48-81(49-61-87)79-28-15-12-16-29-79)105-69-67-93(91-31-18-20-35-99(91)105)92-66-68-104(98-34-19-17-30-90(92)98)110(86-58-46-80(47-59-86)78-26-13-11-14-27-78)88-62-64-96-94-32-21-23-36-100(94)108(102(96)70-88,72-76-42-38-74(10-2)39-43-76)84-54-50-82(51-55-84)106(3,4)5/h10-24,26,28-48,50-60,62-67,69-71,78,104H,2,9,25,27,49,61,68,72-73H2,1,3-8H3. The Bertz CT molecular complexity index is 5860. The lowest BCUT2D eigenvalue weighted by Crippen LogP contribution is -2.31. The van der Waals surface area contributed by atoms with Crippen LogP contribution in [0.1, 0.15) is 187 Å². The first kappa shape index (κ1) is 70.8. The molecule has 5 aliphatic carbocycles. The summed E-state index contributed by atoms with van der Waals surface area (Å²) >= 11 is 0. The molecule has 544 valence electrons. The maximum atomic E-state index is 4.14. The molecular formula is C109H98N2. The van der Waals surface area contributed by atoms with E-state index >= 15 is 0 Å². The van der Waals surface area contributed by atoms with Crippen molar-refractivity contribution in [1.29, 1.82) is 0 Å². The fraction of sp³-hybridized carbons (Fsp3) is 0.193. The Hall–Kier alpha value is -11.8. The average Bonchev–Trinajstić information content (AvgIpc) is 1.57. The molecule has 0 amide bonds. The topological polar surface area (TPSA) is 6.48 Å². The fourth-order valence-electron chi connectivity index (χ4n) is 19.3. The van der Waals surface area contributed by atoms with Crippen molar-refractivity contribution in [3.8, 4) is 22.3 Å². The van der Waals surface area contributed by atoms with Crippen molar-refractivity contribution in [2.45, 2.75) is 133 Å². The third kappa shape index (κ3) is 12.7. The number of allylic oxidation sites excluding steroid dienone is 8. The summed E-state index contributed by atoms with van der Waals surface area (Å²) in [7, 11) is 0. The third-order valence-electron chi connectivity index (χ3n) is 25.1. The van der Waals surface area contributed by atoms with Crippen LogP contribution in [-0.2, 0) is 40.9 Å². The molecule has 2 heteroatoms. The first-order valence-corrected chi connectivity index (χ1v) is 40.5. The normalized spacial score (nSPS) is 18.1. The summed E-state index contributed by atoms with van der Waals surface area (Å²) in [5.41, 5.74) is 35.0. The second kappa shape index (κ2) is 28.9. The van der Waals surface area contributed by atoms with Crippen LogP contribution in [0, 0.1) is 0 Å². The number of hydrogen-bond acceptors (Lipinski definition) is 2. The Morgan fingerprint density at radius 1 is 0.441 bits per heavy atom. The minimum Gasteiger partial charge on any atom is -0.334 e. The predicted octanol–water partition coefficient (Wildman–Crippen LogP) is 28.4. The summed E-state index contributed by atoms with van der Waals surface area (Å²) in [6.07, 6.45) is 25.8. The molecule has 0 heterocycles. The first-order chi connectivity index (χ1) is 54.2. The SMILES string of the molecule is C=Cc1ccc(CC2(c3ccc(C(C)(C)C)cc3)c3ccccc3-c3ccc(N(c4ccc(C5C=CC=CC5)cc4)C4CC=C(c5ccc(N(C6=CC=C(c7ccccc7)CC6)c6ccc7c(c6)C(Cc6ccc(CCC)cc6)(c6ccc(C(C)(C)C)cc6)c6ccccc6-7)c6ccccc56)c5ccccc54)cc32)cc1. The lowest BCUT2D eigenvalue weighted by Gasteiger charge is -2.39. The minimum absolute atomic E-state index is 0.00160. The van der Waals surface area contributed by atoms with E-state index in [0.717, 1.165) is 62.6 Å². The summed E-state index contributed by atoms with van der Waals surface area (Å²) in [6.45, 7) is 20.3. The van der Waals surface area contributed by atoms with Crippen molar-refractivity contribution in [2.24, 2.45) is 0 Å². The molecule has 4 unspecified atom stereocenters. The molecule has 0 fully saturated rings. The first-order valence-electron chi connectivity index (χ1n) is 40.5. The molecule has 0 saturated heterocycles. The number of anilines is 4. The highest BCUT2D eigenvalue weighted by Crippen LogP contribution is 2.59. The van der Waals surface area contributed by atoms with Gasteiger partial charge in [0.05, 0.1) is 22.6 Å². The van der Waals surface area contributed by atoms with Crippen LogP contribution < -0.4 is 9.80 Å². The minimum atomic E-state index is -0.503. The van der Waals surface area contributed by atoms with Gasteiger partial charge in [-0.1, -0.05) is 359 Å². The van der Waals surface area contributed by atoms with Crippen molar-refractivity contribution in [2.75, 3.05) is 9.80 Å². The van der Waals surface area contributed by atoms with Crippen LogP contribution in [0.25, 0.3) is 50.2 Å². The number of rotatable bonds is 18. The molecule has 111 heavy (non-hydrogen) atoms. The molecule has 13 aromatic rings. The van der Waals surface area contributed by atoms with Gasteiger partial charge in [-0.15, -0.1) is 0 Å². The highest BCUT2D eigenvalue weighted by atomic mass is 15.2. The van der Waals surface area contributed by atoms with Gasteiger partial charge in [-0.25, -0.2) is 0 Å². The van der Waals surface area contributed by atoms with Gasteiger partial charge in [-0.3, -0.25) is 0 Å². The van der Waals surface area contributed by atoms with Crippen molar-refractivity contribution in [3.05, 3.63) is 447 Å². The number of hydrogen-bond donors (Lipinski definition) is 0. The van der Waals surface area contributed by atoms with E-state index < -0.39 is 10.8 Å². The van der Waals surface area contributed by atoms with Crippen molar-refractivity contribution >= 4 is 50.7 Å². The number of nitrogens with zero attached hydrogens (tertiary/aromatic N) is 2. The summed E-state index contributed by atoms with van der Waals surface area (Å²) in [5, 5.41) is 2.44. The van der Waals surface area contributed by atoms with Crippen molar-refractivity contribution in [3.63, 3.8) is 0 Å². The van der Waals surface area contributed by atoms with E-state index in [1.54, 1.807) is 0 Å². The molecule has 18 rings (SSSR count). The van der Waals surface area contributed by atoms with E-state index in [2.05, 4.69) is 405 Å². The molecule has 0 N–H and O–H groups in total. The molecule has 0 saturated carbocycles. The zero-order chi connectivity index (χ0) is 75.6. The van der Waals surface area contributed by atoms with E-state index in [1.807, 2.05) is 6.08 Å². The third-order valence-corrected chi connectivity index (χ3v) is 25.1. The van der Waals surface area contributed by atoms with Gasteiger partial charge in [-0.05, 0) is 238 Å². The molecule has 0 radical (unpaired) electrons. The summed E-state index contributed by atoms with van der Waals surface area (Å²) in [5.74, 6) is 0.330. The number of benzene rings is 13. The molecule has 2 nitrogen and oxygen atoms in total. The van der Waals surface area contributed by atoms with Gasteiger partial charge >= 0.3 is 0 Å². The van der Waals surface area contributed by atoms with Gasteiger partial charge in [0.25, 0.3) is 0 Å². The highest BCUT2D eigenvalue weighted by Gasteiger charge is 2.48. The van der Waals surface area contributed by atoms with E-state index in [4.69, 9.17) is 0 Å². The van der Waals surface area contributed by atoms with E-state index in [1.165, 1.54) is 156 Å². The fourth-order valence-corrected chi connectivity index (χ4v) is 19.3. The van der Waals surface area contributed by atoms with E-state index in [-0.39, 0.29) is 16.9 Å². The Morgan fingerprint density at radius 3 is 1.56 bits per heavy atom. The van der Waals surface area contributed by atoms with Crippen molar-refractivity contribution < 1.29 is 0 Å². The number of aryl methyl sites for hydroxylation is 1. The highest BCUT2D eigenvalue weighted by molar-refractivity contribution is 6.06. The van der Waals surface area contributed by atoms with Crippen LogP contribution in [0.2, 0.25) is 0 Å². The second-order valence-electron chi connectivity index (χ2n) is 33.7. The van der Waals surface area contributed by atoms with Gasteiger partial charge in [-0.2, -0.15) is 0 Å². The van der Waals surface area contributed by atoms with Crippen molar-refractivity contribution in [1.82, 2.24) is 0 Å². The predicted molar refractivity (Wildman–Crippen MR) is 471 cm³/mol. The molecule has 0 spiro atoms. The van der Waals surface area contributed by atoms with E-state index in [9.17, 15) is 0 Å². The Labute approximate surface area is 658 Å². The lowest BCUT2D eigenvalue weighted by molar-refractivity contribution is 0.586. The summed E-state index contributed by atoms with van der Waals surface area (Å²) in [6, 6.07) is 115. The van der Waals surface area contributed by atoms with Crippen LogP contribution in [0.4, 0.5) is 22.7 Å². The Morgan fingerprint density at radius 2 is 0.973 bits per heavy atom. The molecule has 4 atom stereocenters. The zero-order valence-corrected chi connectivity index (χ0v) is 65.3. The maximum absolute atomic E-state index is 4.14. The van der Waals surface area contributed by atoms with Gasteiger partial charge in [0.1, 0.15) is 0 Å². The second-order valence-corrected chi connectivity index (χ2v) is 33.7. The largest absolute Gasteiger partial charge is 0.334 e. The molecule has 0 aromatic heterocycles. The quantitative estimate of drug-likeness (QED) is 0.0845. The van der Waals surface area contributed by atoms with Gasteiger partial charge < -0.3 is 9.80 Å². The molecule has 0 bridgehead atoms. The molecular weight excluding hydrogens is 1340 g/mol. The average molecular weight is 1440 g/mol. The van der Waals surface area contributed by atoms with Crippen LogP contribution in [0.5, 0.6) is 0 Å². The van der Waals surface area contributed by atoms with E-state index in [0.29, 0.717) is 5.92 Å².